The van der Waals surface area contributed by atoms with Gasteiger partial charge in [0, 0.05) is 38.2 Å². The first-order valence-corrected chi connectivity index (χ1v) is 12.2. The first-order valence-electron chi connectivity index (χ1n) is 11.4. The lowest BCUT2D eigenvalue weighted by Crippen LogP contribution is -2.12. The molecule has 1 amide bonds. The number of nitro groups is 1. The molecule has 0 aliphatic heterocycles. The summed E-state index contributed by atoms with van der Waals surface area (Å²) >= 11 is 1.44. The van der Waals surface area contributed by atoms with Gasteiger partial charge in [-0.3, -0.25) is 19.7 Å². The van der Waals surface area contributed by atoms with Crippen molar-refractivity contribution in [2.75, 3.05) is 26.6 Å². The van der Waals surface area contributed by atoms with Gasteiger partial charge in [0.05, 0.1) is 38.7 Å². The summed E-state index contributed by atoms with van der Waals surface area (Å²) in [5.74, 6) is -0.149. The summed E-state index contributed by atoms with van der Waals surface area (Å²) in [6.45, 7) is 0. The molecular weight excluding hydrogens is 508 g/mol. The van der Waals surface area contributed by atoms with Crippen LogP contribution in [0.5, 0.6) is 11.5 Å². The number of ether oxygens (including phenoxy) is 3. The average molecular weight is 533 g/mol. The second kappa shape index (κ2) is 11.6. The SMILES string of the molecule is COC(=O)Cc1ccc(-c2ccccc2NC(=O)c2cccc(-c3cc([N+](=O)[O-])cc(OC)c3OC)c2)s1. The van der Waals surface area contributed by atoms with E-state index in [-0.39, 0.29) is 29.7 Å². The van der Waals surface area contributed by atoms with Crippen LogP contribution in [0.4, 0.5) is 11.4 Å². The van der Waals surface area contributed by atoms with Gasteiger partial charge >= 0.3 is 5.97 Å². The number of rotatable bonds is 9. The number of hydrogen-bond donors (Lipinski definition) is 1. The number of nitrogens with one attached hydrogen (secondary N) is 1. The minimum Gasteiger partial charge on any atom is -0.493 e. The number of nitrogens with zero attached hydrogens (tertiary/aromatic N) is 1. The molecule has 0 saturated carbocycles. The van der Waals surface area contributed by atoms with E-state index < -0.39 is 4.92 Å². The Hall–Kier alpha value is -4.70. The molecule has 0 radical (unpaired) electrons. The zero-order chi connectivity index (χ0) is 27.2. The minimum atomic E-state index is -0.514. The molecule has 0 saturated heterocycles. The largest absolute Gasteiger partial charge is 0.493 e. The third kappa shape index (κ3) is 5.65. The van der Waals surface area contributed by atoms with E-state index in [9.17, 15) is 19.7 Å². The Morgan fingerprint density at radius 2 is 1.71 bits per heavy atom. The van der Waals surface area contributed by atoms with Crippen LogP contribution in [0.25, 0.3) is 21.6 Å². The number of carbonyl (C=O) groups is 2. The van der Waals surface area contributed by atoms with Gasteiger partial charge in [0.2, 0.25) is 0 Å². The lowest BCUT2D eigenvalue weighted by atomic mass is 10.0. The van der Waals surface area contributed by atoms with E-state index in [2.05, 4.69) is 5.32 Å². The first kappa shape index (κ1) is 26.4. The molecule has 0 spiro atoms. The Labute approximate surface area is 222 Å². The molecule has 0 aliphatic carbocycles. The molecule has 1 heterocycles. The highest BCUT2D eigenvalue weighted by atomic mass is 32.1. The Bertz CT molecular complexity index is 1510. The fourth-order valence-corrected chi connectivity index (χ4v) is 4.96. The smallest absolute Gasteiger partial charge is 0.310 e. The van der Waals surface area contributed by atoms with Crippen LogP contribution in [0.15, 0.2) is 72.8 Å². The standard InChI is InChI=1S/C28H24N2O7S/c1-35-24-15-19(30(33)34)14-22(27(24)37-3)17-7-6-8-18(13-17)28(32)29-23-10-5-4-9-21(23)25-12-11-20(38-25)16-26(31)36-2/h4-15H,16H2,1-3H3,(H,29,32). The molecule has 194 valence electrons. The number of methoxy groups -OCH3 is 3. The number of amides is 1. The molecule has 9 nitrogen and oxygen atoms in total. The van der Waals surface area contributed by atoms with Crippen LogP contribution < -0.4 is 14.8 Å². The molecule has 10 heteroatoms. The van der Waals surface area contributed by atoms with E-state index in [4.69, 9.17) is 14.2 Å². The summed E-state index contributed by atoms with van der Waals surface area (Å²) in [5, 5.41) is 14.4. The third-order valence-corrected chi connectivity index (χ3v) is 6.88. The Kier molecular flexibility index (Phi) is 8.03. The summed E-state index contributed by atoms with van der Waals surface area (Å²) in [6, 6.07) is 20.5. The van der Waals surface area contributed by atoms with Gasteiger partial charge in [-0.2, -0.15) is 0 Å². The van der Waals surface area contributed by atoms with Crippen LogP contribution in [0.3, 0.4) is 0 Å². The van der Waals surface area contributed by atoms with Crippen molar-refractivity contribution in [1.29, 1.82) is 0 Å². The molecule has 0 fully saturated rings. The lowest BCUT2D eigenvalue weighted by molar-refractivity contribution is -0.384. The maximum absolute atomic E-state index is 13.3. The van der Waals surface area contributed by atoms with Crippen LogP contribution >= 0.6 is 11.3 Å². The third-order valence-electron chi connectivity index (χ3n) is 5.76. The highest BCUT2D eigenvalue weighted by Crippen LogP contribution is 2.42. The predicted molar refractivity (Wildman–Crippen MR) is 145 cm³/mol. The average Bonchev–Trinajstić information content (AvgIpc) is 3.40. The topological polar surface area (TPSA) is 117 Å². The van der Waals surface area contributed by atoms with Gasteiger partial charge in [0.15, 0.2) is 11.5 Å². The Balaban J connectivity index is 1.65. The van der Waals surface area contributed by atoms with Crippen LogP contribution in [-0.2, 0) is 16.0 Å². The number of benzene rings is 3. The van der Waals surface area contributed by atoms with Crippen molar-refractivity contribution in [1.82, 2.24) is 0 Å². The molecule has 0 aliphatic rings. The van der Waals surface area contributed by atoms with E-state index >= 15 is 0 Å². The zero-order valence-corrected chi connectivity index (χ0v) is 21.7. The van der Waals surface area contributed by atoms with E-state index in [1.165, 1.54) is 44.8 Å². The number of para-hydroxylation sites is 1. The van der Waals surface area contributed by atoms with Crippen molar-refractivity contribution >= 4 is 34.6 Å². The summed E-state index contributed by atoms with van der Waals surface area (Å²) < 4.78 is 15.5. The fourth-order valence-electron chi connectivity index (χ4n) is 3.93. The minimum absolute atomic E-state index is 0.163. The van der Waals surface area contributed by atoms with Crippen molar-refractivity contribution in [3.05, 3.63) is 93.4 Å². The Morgan fingerprint density at radius 3 is 2.42 bits per heavy atom. The van der Waals surface area contributed by atoms with E-state index in [1.54, 1.807) is 30.3 Å². The number of nitro benzene ring substituents is 1. The predicted octanol–water partition coefficient (Wildman–Crippen LogP) is 5.98. The summed E-state index contributed by atoms with van der Waals surface area (Å²) in [7, 11) is 4.20. The fraction of sp³-hybridized carbons (Fsp3) is 0.143. The number of thiophene rings is 1. The van der Waals surface area contributed by atoms with E-state index in [1.807, 2.05) is 30.3 Å². The molecule has 4 aromatic rings. The van der Waals surface area contributed by atoms with Gasteiger partial charge < -0.3 is 19.5 Å². The van der Waals surface area contributed by atoms with E-state index in [0.29, 0.717) is 28.1 Å². The quantitative estimate of drug-likeness (QED) is 0.160. The first-order chi connectivity index (χ1) is 18.3. The second-order valence-electron chi connectivity index (χ2n) is 8.09. The van der Waals surface area contributed by atoms with Gasteiger partial charge in [0.25, 0.3) is 11.6 Å². The maximum Gasteiger partial charge on any atom is 0.310 e. The monoisotopic (exact) mass is 532 g/mol. The van der Waals surface area contributed by atoms with Gasteiger partial charge in [-0.15, -0.1) is 11.3 Å². The van der Waals surface area contributed by atoms with Crippen LogP contribution in [-0.4, -0.2) is 38.1 Å². The lowest BCUT2D eigenvalue weighted by Gasteiger charge is -2.14. The molecule has 1 aromatic heterocycles. The van der Waals surface area contributed by atoms with Crippen molar-refractivity contribution in [2.24, 2.45) is 0 Å². The zero-order valence-electron chi connectivity index (χ0n) is 20.8. The molecule has 3 aromatic carbocycles. The normalized spacial score (nSPS) is 10.5. The highest BCUT2D eigenvalue weighted by Gasteiger charge is 2.20. The summed E-state index contributed by atoms with van der Waals surface area (Å²) in [6.07, 6.45) is 0.175. The number of esters is 1. The van der Waals surface area contributed by atoms with Crippen molar-refractivity contribution < 1.29 is 28.7 Å². The number of hydrogen-bond acceptors (Lipinski definition) is 8. The molecule has 4 rings (SSSR count). The van der Waals surface area contributed by atoms with Gasteiger partial charge in [0.1, 0.15) is 0 Å². The van der Waals surface area contributed by atoms with Crippen molar-refractivity contribution in [3.63, 3.8) is 0 Å². The molecule has 1 N–H and O–H groups in total. The summed E-state index contributed by atoms with van der Waals surface area (Å²) in [5.41, 5.74) is 2.57. The molecule has 0 atom stereocenters. The number of anilines is 1. The van der Waals surface area contributed by atoms with Crippen molar-refractivity contribution in [3.8, 4) is 33.1 Å². The molecule has 38 heavy (non-hydrogen) atoms. The van der Waals surface area contributed by atoms with Gasteiger partial charge in [-0.25, -0.2) is 0 Å². The second-order valence-corrected chi connectivity index (χ2v) is 9.25. The van der Waals surface area contributed by atoms with Gasteiger partial charge in [-0.1, -0.05) is 30.3 Å². The molecule has 0 bridgehead atoms. The van der Waals surface area contributed by atoms with Crippen LogP contribution in [0.1, 0.15) is 15.2 Å². The van der Waals surface area contributed by atoms with Gasteiger partial charge in [-0.05, 0) is 35.9 Å². The Morgan fingerprint density at radius 1 is 0.921 bits per heavy atom. The van der Waals surface area contributed by atoms with E-state index in [0.717, 1.165) is 15.3 Å². The maximum atomic E-state index is 13.3. The van der Waals surface area contributed by atoms with Crippen LogP contribution in [0.2, 0.25) is 0 Å². The number of carbonyl (C=O) groups excluding carboxylic acids is 2. The highest BCUT2D eigenvalue weighted by molar-refractivity contribution is 7.15. The number of non-ortho nitro benzene ring substituents is 1. The molecule has 0 unspecified atom stereocenters. The summed E-state index contributed by atoms with van der Waals surface area (Å²) in [4.78, 5) is 37.6. The van der Waals surface area contributed by atoms with Crippen LogP contribution in [0, 0.1) is 10.1 Å². The van der Waals surface area contributed by atoms with Crippen molar-refractivity contribution in [2.45, 2.75) is 6.42 Å². The molecular formula is C28H24N2O7S.